The Morgan fingerprint density at radius 3 is 2.78 bits per heavy atom. The Bertz CT molecular complexity index is 585. The Hall–Kier alpha value is -2.05. The van der Waals surface area contributed by atoms with Crippen molar-refractivity contribution in [1.82, 2.24) is 19.6 Å². The smallest absolute Gasteiger partial charge is 0.314 e. The lowest BCUT2D eigenvalue weighted by molar-refractivity contribution is -0.138. The number of nitrogens with two attached hydrogens (primary N) is 1. The lowest BCUT2D eigenvalue weighted by atomic mass is 9.96. The molecule has 0 bridgehead atoms. The second-order valence-electron chi connectivity index (χ2n) is 6.69. The summed E-state index contributed by atoms with van der Waals surface area (Å²) in [6, 6.07) is -0.224. The van der Waals surface area contributed by atoms with Crippen LogP contribution in [0.15, 0.2) is 12.4 Å². The Labute approximate surface area is 136 Å². The van der Waals surface area contributed by atoms with Gasteiger partial charge < -0.3 is 15.5 Å². The van der Waals surface area contributed by atoms with Gasteiger partial charge in [0.2, 0.25) is 5.91 Å². The minimum atomic E-state index is -0.424. The number of carbonyl (C=O) groups is 2. The average Bonchev–Trinajstić information content (AvgIpc) is 3.16. The molecule has 23 heavy (non-hydrogen) atoms. The van der Waals surface area contributed by atoms with Crippen LogP contribution in [0, 0.1) is 12.8 Å². The van der Waals surface area contributed by atoms with Crippen molar-refractivity contribution in [2.24, 2.45) is 11.7 Å². The van der Waals surface area contributed by atoms with E-state index in [-0.39, 0.29) is 17.9 Å². The van der Waals surface area contributed by atoms with Crippen LogP contribution in [0.25, 0.3) is 0 Å². The highest BCUT2D eigenvalue weighted by Gasteiger charge is 2.35. The molecule has 7 nitrogen and oxygen atoms in total. The number of aromatic nitrogens is 2. The van der Waals surface area contributed by atoms with Crippen molar-refractivity contribution >= 4 is 11.9 Å². The van der Waals surface area contributed by atoms with Gasteiger partial charge in [-0.1, -0.05) is 0 Å². The van der Waals surface area contributed by atoms with Crippen molar-refractivity contribution in [2.45, 2.75) is 45.2 Å². The summed E-state index contributed by atoms with van der Waals surface area (Å²) in [6.07, 6.45) is 7.58. The van der Waals surface area contributed by atoms with E-state index in [4.69, 9.17) is 5.73 Å². The number of likely N-dealkylation sites (tertiary alicyclic amines) is 2. The lowest BCUT2D eigenvalue weighted by Gasteiger charge is -2.34. The fourth-order valence-electron chi connectivity index (χ4n) is 3.71. The second kappa shape index (κ2) is 6.60. The van der Waals surface area contributed by atoms with Crippen molar-refractivity contribution in [3.8, 4) is 0 Å². The Balaban J connectivity index is 1.64. The molecule has 1 aromatic heterocycles. The van der Waals surface area contributed by atoms with E-state index in [9.17, 15) is 9.59 Å². The largest absolute Gasteiger partial charge is 0.351 e. The molecule has 2 atom stereocenters. The van der Waals surface area contributed by atoms with Crippen molar-refractivity contribution in [3.05, 3.63) is 18.0 Å². The predicted octanol–water partition coefficient (Wildman–Crippen LogP) is 0.973. The highest BCUT2D eigenvalue weighted by molar-refractivity contribution is 5.81. The molecule has 0 saturated carbocycles. The molecule has 2 unspecified atom stereocenters. The molecule has 0 aromatic carbocycles. The number of nitrogens with zero attached hydrogens (tertiary/aromatic N) is 4. The quantitative estimate of drug-likeness (QED) is 0.901. The van der Waals surface area contributed by atoms with Crippen LogP contribution >= 0.6 is 0 Å². The fraction of sp³-hybridized carbons (Fsp3) is 0.688. The van der Waals surface area contributed by atoms with E-state index >= 15 is 0 Å². The molecule has 0 aliphatic carbocycles. The first-order valence-corrected chi connectivity index (χ1v) is 8.38. The average molecular weight is 319 g/mol. The van der Waals surface area contributed by atoms with Crippen LogP contribution in [0.3, 0.4) is 0 Å². The molecule has 2 saturated heterocycles. The third-order valence-corrected chi connectivity index (χ3v) is 4.90. The van der Waals surface area contributed by atoms with Gasteiger partial charge in [-0.25, -0.2) is 4.79 Å². The van der Waals surface area contributed by atoms with Crippen LogP contribution in [0.2, 0.25) is 0 Å². The molecule has 7 heteroatoms. The zero-order valence-corrected chi connectivity index (χ0v) is 13.6. The fourth-order valence-corrected chi connectivity index (χ4v) is 3.71. The van der Waals surface area contributed by atoms with E-state index in [1.54, 1.807) is 4.90 Å². The summed E-state index contributed by atoms with van der Waals surface area (Å²) in [5.41, 5.74) is 6.50. The molecule has 2 fully saturated rings. The summed E-state index contributed by atoms with van der Waals surface area (Å²) < 4.78 is 1.92. The topological polar surface area (TPSA) is 84.5 Å². The minimum absolute atomic E-state index is 0.115. The van der Waals surface area contributed by atoms with Crippen LogP contribution in [0.4, 0.5) is 4.79 Å². The maximum Gasteiger partial charge on any atom is 0.314 e. The molecular formula is C16H25N5O2. The number of carbonyl (C=O) groups excluding carboxylic acids is 2. The Morgan fingerprint density at radius 2 is 2.09 bits per heavy atom. The first-order valence-electron chi connectivity index (χ1n) is 8.38. The van der Waals surface area contributed by atoms with Gasteiger partial charge in [0.05, 0.1) is 24.7 Å². The number of aryl methyl sites for hydroxylation is 1. The van der Waals surface area contributed by atoms with Crippen molar-refractivity contribution < 1.29 is 9.59 Å². The second-order valence-corrected chi connectivity index (χ2v) is 6.69. The van der Waals surface area contributed by atoms with Crippen LogP contribution in [-0.4, -0.2) is 57.2 Å². The van der Waals surface area contributed by atoms with E-state index in [1.165, 1.54) is 0 Å². The normalized spacial score (nSPS) is 24.9. The lowest BCUT2D eigenvalue weighted by Crippen LogP contribution is -2.49. The van der Waals surface area contributed by atoms with Gasteiger partial charge in [-0.3, -0.25) is 9.48 Å². The van der Waals surface area contributed by atoms with Crippen LogP contribution < -0.4 is 5.73 Å². The number of primary amides is 1. The summed E-state index contributed by atoms with van der Waals surface area (Å²) in [5.74, 6) is 0.0542. The summed E-state index contributed by atoms with van der Waals surface area (Å²) in [7, 11) is 0. The summed E-state index contributed by atoms with van der Waals surface area (Å²) in [5, 5.41) is 4.33. The van der Waals surface area contributed by atoms with E-state index < -0.39 is 6.03 Å². The molecule has 0 radical (unpaired) electrons. The zero-order chi connectivity index (χ0) is 16.4. The highest BCUT2D eigenvalue weighted by Crippen LogP contribution is 2.25. The summed E-state index contributed by atoms with van der Waals surface area (Å²) in [4.78, 5) is 27.8. The third-order valence-electron chi connectivity index (χ3n) is 4.90. The van der Waals surface area contributed by atoms with E-state index in [0.717, 1.165) is 44.3 Å². The maximum absolute atomic E-state index is 12.9. The molecule has 126 valence electrons. The molecule has 2 aliphatic heterocycles. The number of piperidine rings is 1. The van der Waals surface area contributed by atoms with E-state index in [0.29, 0.717) is 13.1 Å². The molecule has 3 heterocycles. The molecule has 2 aliphatic rings. The molecule has 0 spiro atoms. The van der Waals surface area contributed by atoms with Crippen LogP contribution in [0.1, 0.15) is 31.2 Å². The highest BCUT2D eigenvalue weighted by atomic mass is 16.2. The first kappa shape index (κ1) is 15.8. The molecule has 3 amide bonds. The van der Waals surface area contributed by atoms with Crippen LogP contribution in [-0.2, 0) is 11.3 Å². The standard InChI is InChI=1S/C16H25N5O2/c1-12-8-18-20(9-12)11-14-5-3-7-21(14)15(22)13-4-2-6-19(10-13)16(17)23/h8-9,13-14H,2-7,10-11H2,1H3,(H2,17,23). The van der Waals surface area contributed by atoms with Gasteiger partial charge in [0.15, 0.2) is 0 Å². The molecular weight excluding hydrogens is 294 g/mol. The maximum atomic E-state index is 12.9. The van der Waals surface area contributed by atoms with E-state index in [2.05, 4.69) is 5.10 Å². The molecule has 1 aromatic rings. The number of amides is 3. The van der Waals surface area contributed by atoms with Gasteiger partial charge in [-0.15, -0.1) is 0 Å². The van der Waals surface area contributed by atoms with Crippen LogP contribution in [0.5, 0.6) is 0 Å². The summed E-state index contributed by atoms with van der Waals surface area (Å²) >= 11 is 0. The first-order chi connectivity index (χ1) is 11.0. The van der Waals surface area contributed by atoms with Gasteiger partial charge >= 0.3 is 6.03 Å². The van der Waals surface area contributed by atoms with Crippen molar-refractivity contribution in [2.75, 3.05) is 19.6 Å². The van der Waals surface area contributed by atoms with Crippen molar-refractivity contribution in [3.63, 3.8) is 0 Å². The van der Waals surface area contributed by atoms with Crippen molar-refractivity contribution in [1.29, 1.82) is 0 Å². The van der Waals surface area contributed by atoms with Gasteiger partial charge in [-0.05, 0) is 38.2 Å². The Kier molecular flexibility index (Phi) is 4.54. The zero-order valence-electron chi connectivity index (χ0n) is 13.6. The SMILES string of the molecule is Cc1cnn(CC2CCCN2C(=O)C2CCCN(C(N)=O)C2)c1. The Morgan fingerprint density at radius 1 is 1.30 bits per heavy atom. The van der Waals surface area contributed by atoms with Gasteiger partial charge in [0, 0.05) is 25.8 Å². The third kappa shape index (κ3) is 3.48. The number of urea groups is 1. The van der Waals surface area contributed by atoms with Gasteiger partial charge in [0.1, 0.15) is 0 Å². The number of rotatable bonds is 3. The number of hydrogen-bond acceptors (Lipinski definition) is 3. The van der Waals surface area contributed by atoms with Gasteiger partial charge in [0.25, 0.3) is 0 Å². The number of hydrogen-bond donors (Lipinski definition) is 1. The summed E-state index contributed by atoms with van der Waals surface area (Å²) in [6.45, 7) is 4.68. The molecule has 3 rings (SSSR count). The molecule has 2 N–H and O–H groups in total. The predicted molar refractivity (Wildman–Crippen MR) is 85.6 cm³/mol. The van der Waals surface area contributed by atoms with E-state index in [1.807, 2.05) is 28.9 Å². The monoisotopic (exact) mass is 319 g/mol. The minimum Gasteiger partial charge on any atom is -0.351 e. The van der Waals surface area contributed by atoms with Gasteiger partial charge in [-0.2, -0.15) is 5.10 Å².